The summed E-state index contributed by atoms with van der Waals surface area (Å²) in [6.07, 6.45) is 0.112. The van der Waals surface area contributed by atoms with E-state index in [1.807, 2.05) is 103 Å². The lowest BCUT2D eigenvalue weighted by Gasteiger charge is -2.18. The Bertz CT molecular complexity index is 2010. The van der Waals surface area contributed by atoms with Crippen molar-refractivity contribution in [1.82, 2.24) is 5.32 Å². The Hall–Kier alpha value is -5.59. The van der Waals surface area contributed by atoms with Crippen molar-refractivity contribution in [2.24, 2.45) is 0 Å². The molecular weight excluding hydrogens is 608 g/mol. The Morgan fingerprint density at radius 2 is 1.47 bits per heavy atom. The summed E-state index contributed by atoms with van der Waals surface area (Å²) in [5.74, 6) is -0.890. The zero-order valence-corrected chi connectivity index (χ0v) is 26.3. The fourth-order valence-electron chi connectivity index (χ4n) is 5.51. The highest BCUT2D eigenvalue weighted by molar-refractivity contribution is 6.31. The van der Waals surface area contributed by atoms with Crippen LogP contribution in [-0.4, -0.2) is 23.0 Å². The van der Waals surface area contributed by atoms with Crippen LogP contribution in [0.15, 0.2) is 140 Å². The maximum atomic E-state index is 13.5. The molecule has 6 rings (SSSR count). The van der Waals surface area contributed by atoms with E-state index in [1.165, 1.54) is 0 Å². The lowest BCUT2D eigenvalue weighted by Crippen LogP contribution is -2.42. The number of carboxylic acids is 1. The monoisotopic (exact) mass is 640 g/mol. The van der Waals surface area contributed by atoms with E-state index in [9.17, 15) is 14.7 Å². The Morgan fingerprint density at radius 1 is 0.723 bits per heavy atom. The first-order chi connectivity index (χ1) is 22.9. The third kappa shape index (κ3) is 7.98. The van der Waals surface area contributed by atoms with Crippen LogP contribution in [0.25, 0.3) is 21.9 Å². The van der Waals surface area contributed by atoms with Crippen LogP contribution >= 0.6 is 11.6 Å². The van der Waals surface area contributed by atoms with Crippen LogP contribution in [0.1, 0.15) is 27.0 Å². The van der Waals surface area contributed by atoms with Crippen LogP contribution in [0.2, 0.25) is 5.02 Å². The number of ether oxygens (including phenoxy) is 1. The average molecular weight is 641 g/mol. The lowest BCUT2D eigenvalue weighted by atomic mass is 10.00. The van der Waals surface area contributed by atoms with Gasteiger partial charge in [-0.2, -0.15) is 0 Å². The summed E-state index contributed by atoms with van der Waals surface area (Å²) >= 11 is 6.27. The number of carbonyl (C=O) groups is 2. The standard InChI is InChI=1S/C40H33ClN2O4/c41-33-20-21-37(42-25-32-13-6-11-30-10-4-5-15-35(30)32)36(24-33)39(44)43-38(40(45)46)22-27-16-18-29(19-17-27)31-12-7-14-34(23-31)47-26-28-8-2-1-3-9-28/h1-21,23-24,38,42H,22,25-26H2,(H,43,44)(H,45,46)/t38-/m0/s1. The fraction of sp³-hybridized carbons (Fsp3) is 0.100. The SMILES string of the molecule is O=C(N[C@@H](Cc1ccc(-c2cccc(OCc3ccccc3)c2)cc1)C(=O)O)c1cc(Cl)ccc1NCc1cccc2ccccc12. The second-order valence-electron chi connectivity index (χ2n) is 11.2. The van der Waals surface area contributed by atoms with Crippen molar-refractivity contribution in [3.05, 3.63) is 167 Å². The molecule has 234 valence electrons. The first kappa shape index (κ1) is 31.4. The highest BCUT2D eigenvalue weighted by Gasteiger charge is 2.23. The first-order valence-corrected chi connectivity index (χ1v) is 15.7. The highest BCUT2D eigenvalue weighted by atomic mass is 35.5. The molecule has 0 aliphatic heterocycles. The number of anilines is 1. The number of fused-ring (bicyclic) bond motifs is 1. The summed E-state index contributed by atoms with van der Waals surface area (Å²) < 4.78 is 5.98. The average Bonchev–Trinajstić information content (AvgIpc) is 3.10. The highest BCUT2D eigenvalue weighted by Crippen LogP contribution is 2.26. The van der Waals surface area contributed by atoms with E-state index in [-0.39, 0.29) is 12.0 Å². The molecule has 0 saturated heterocycles. The maximum absolute atomic E-state index is 13.5. The van der Waals surface area contributed by atoms with Gasteiger partial charge in [-0.3, -0.25) is 4.79 Å². The molecule has 0 bridgehead atoms. The number of nitrogens with one attached hydrogen (secondary N) is 2. The smallest absolute Gasteiger partial charge is 0.326 e. The summed E-state index contributed by atoms with van der Waals surface area (Å²) in [6.45, 7) is 0.947. The van der Waals surface area contributed by atoms with Gasteiger partial charge in [0.15, 0.2) is 0 Å². The molecule has 0 aromatic heterocycles. The van der Waals surface area contributed by atoms with E-state index in [1.54, 1.807) is 18.2 Å². The molecule has 6 nitrogen and oxygen atoms in total. The van der Waals surface area contributed by atoms with Crippen molar-refractivity contribution >= 4 is 39.9 Å². The number of aliphatic carboxylic acids is 1. The van der Waals surface area contributed by atoms with Gasteiger partial charge in [0.25, 0.3) is 5.91 Å². The summed E-state index contributed by atoms with van der Waals surface area (Å²) in [6, 6.07) is 43.5. The van der Waals surface area contributed by atoms with E-state index in [2.05, 4.69) is 28.8 Å². The molecule has 0 fully saturated rings. The molecule has 0 unspecified atom stereocenters. The number of benzene rings is 6. The second kappa shape index (κ2) is 14.7. The number of carbonyl (C=O) groups excluding carboxylic acids is 1. The summed E-state index contributed by atoms with van der Waals surface area (Å²) in [4.78, 5) is 25.8. The van der Waals surface area contributed by atoms with Gasteiger partial charge in [-0.05, 0) is 68.9 Å². The van der Waals surface area contributed by atoms with E-state index in [0.717, 1.165) is 44.3 Å². The van der Waals surface area contributed by atoms with Crippen LogP contribution in [0.3, 0.4) is 0 Å². The van der Waals surface area contributed by atoms with Crippen LogP contribution in [0.4, 0.5) is 5.69 Å². The molecular formula is C40H33ClN2O4. The van der Waals surface area contributed by atoms with Gasteiger partial charge < -0.3 is 20.5 Å². The largest absolute Gasteiger partial charge is 0.489 e. The molecule has 47 heavy (non-hydrogen) atoms. The number of halogens is 1. The fourth-order valence-corrected chi connectivity index (χ4v) is 5.68. The lowest BCUT2D eigenvalue weighted by molar-refractivity contribution is -0.139. The Balaban J connectivity index is 1.12. The molecule has 0 saturated carbocycles. The van der Waals surface area contributed by atoms with Crippen molar-refractivity contribution in [3.8, 4) is 16.9 Å². The third-order valence-corrected chi connectivity index (χ3v) is 8.22. The van der Waals surface area contributed by atoms with E-state index in [4.69, 9.17) is 16.3 Å². The van der Waals surface area contributed by atoms with E-state index in [0.29, 0.717) is 23.9 Å². The van der Waals surface area contributed by atoms with Crippen molar-refractivity contribution in [2.45, 2.75) is 25.6 Å². The van der Waals surface area contributed by atoms with Crippen molar-refractivity contribution < 1.29 is 19.4 Å². The molecule has 1 atom stereocenters. The van der Waals surface area contributed by atoms with Gasteiger partial charge >= 0.3 is 5.97 Å². The van der Waals surface area contributed by atoms with Crippen LogP contribution < -0.4 is 15.4 Å². The number of hydrogen-bond acceptors (Lipinski definition) is 4. The van der Waals surface area contributed by atoms with Crippen LogP contribution in [0, 0.1) is 0 Å². The zero-order valence-electron chi connectivity index (χ0n) is 25.5. The Morgan fingerprint density at radius 3 is 2.28 bits per heavy atom. The topological polar surface area (TPSA) is 87.7 Å². The van der Waals surface area contributed by atoms with Gasteiger partial charge in [0.05, 0.1) is 5.56 Å². The van der Waals surface area contributed by atoms with Gasteiger partial charge in [-0.25, -0.2) is 4.79 Å². The molecule has 7 heteroatoms. The predicted octanol–water partition coefficient (Wildman–Crippen LogP) is 8.78. The molecule has 1 amide bonds. The number of carboxylic acid groups (broad SMARTS) is 1. The van der Waals surface area contributed by atoms with E-state index >= 15 is 0 Å². The minimum atomic E-state index is -1.15. The summed E-state index contributed by atoms with van der Waals surface area (Å²) in [5, 5.41) is 18.7. The quantitative estimate of drug-likeness (QED) is 0.124. The van der Waals surface area contributed by atoms with Crippen LogP contribution in [-0.2, 0) is 24.4 Å². The third-order valence-electron chi connectivity index (χ3n) is 7.99. The normalized spacial score (nSPS) is 11.5. The van der Waals surface area contributed by atoms with Gasteiger partial charge in [-0.1, -0.05) is 121 Å². The minimum Gasteiger partial charge on any atom is -0.489 e. The van der Waals surface area contributed by atoms with Gasteiger partial charge in [0.1, 0.15) is 18.4 Å². The Labute approximate surface area is 278 Å². The number of rotatable bonds is 12. The van der Waals surface area contributed by atoms with Crippen molar-refractivity contribution in [2.75, 3.05) is 5.32 Å². The van der Waals surface area contributed by atoms with E-state index < -0.39 is 17.9 Å². The first-order valence-electron chi connectivity index (χ1n) is 15.3. The molecule has 0 spiro atoms. The second-order valence-corrected chi connectivity index (χ2v) is 11.7. The summed E-state index contributed by atoms with van der Waals surface area (Å²) in [5.41, 5.74) is 5.72. The zero-order chi connectivity index (χ0) is 32.6. The van der Waals surface area contributed by atoms with Gasteiger partial charge in [-0.15, -0.1) is 0 Å². The molecule has 0 heterocycles. The molecule has 0 aliphatic carbocycles. The molecule has 3 N–H and O–H groups in total. The van der Waals surface area contributed by atoms with Gasteiger partial charge in [0, 0.05) is 23.7 Å². The number of amides is 1. The Kier molecular flexibility index (Phi) is 9.80. The van der Waals surface area contributed by atoms with Crippen LogP contribution in [0.5, 0.6) is 5.75 Å². The summed E-state index contributed by atoms with van der Waals surface area (Å²) in [7, 11) is 0. The molecule has 0 radical (unpaired) electrons. The van der Waals surface area contributed by atoms with Crippen molar-refractivity contribution in [3.63, 3.8) is 0 Å². The molecule has 6 aromatic carbocycles. The predicted molar refractivity (Wildman–Crippen MR) is 188 cm³/mol. The minimum absolute atomic E-state index is 0.112. The number of hydrogen-bond donors (Lipinski definition) is 3. The maximum Gasteiger partial charge on any atom is 0.326 e. The van der Waals surface area contributed by atoms with Crippen molar-refractivity contribution in [1.29, 1.82) is 0 Å². The molecule has 6 aromatic rings. The van der Waals surface area contributed by atoms with Gasteiger partial charge in [0.2, 0.25) is 0 Å². The molecule has 0 aliphatic rings.